The van der Waals surface area contributed by atoms with Gasteiger partial charge in [-0.05, 0) is 55.7 Å². The van der Waals surface area contributed by atoms with Gasteiger partial charge in [0.05, 0.1) is 22.9 Å². The van der Waals surface area contributed by atoms with Gasteiger partial charge in [0.25, 0.3) is 0 Å². The van der Waals surface area contributed by atoms with Crippen molar-refractivity contribution < 1.29 is 9.15 Å². The van der Waals surface area contributed by atoms with Gasteiger partial charge in [0.1, 0.15) is 5.76 Å². The largest absolute Gasteiger partial charge is 0.466 e. The van der Waals surface area contributed by atoms with Gasteiger partial charge in [-0.15, -0.1) is 0 Å². The van der Waals surface area contributed by atoms with Crippen LogP contribution in [-0.4, -0.2) is 19.3 Å². The Hall–Kier alpha value is -0.320. The summed E-state index contributed by atoms with van der Waals surface area (Å²) in [4.78, 5) is 0. The average molecular weight is 290 g/mol. The Labute approximate surface area is 106 Å². The Morgan fingerprint density at radius 3 is 2.75 bits per heavy atom. The van der Waals surface area contributed by atoms with Crippen LogP contribution in [-0.2, 0) is 4.74 Å². The van der Waals surface area contributed by atoms with Gasteiger partial charge in [0, 0.05) is 6.61 Å². The zero-order valence-corrected chi connectivity index (χ0v) is 11.7. The Balaban J connectivity index is 2.16. The van der Waals surface area contributed by atoms with E-state index in [1.807, 2.05) is 6.07 Å². The fourth-order valence-electron chi connectivity index (χ4n) is 1.42. The fraction of sp³-hybridized carbons (Fsp3) is 0.667. The summed E-state index contributed by atoms with van der Waals surface area (Å²) in [6, 6.07) is 2.14. The van der Waals surface area contributed by atoms with Crippen LogP contribution >= 0.6 is 15.9 Å². The molecule has 0 aliphatic rings. The van der Waals surface area contributed by atoms with Crippen LogP contribution in [0.15, 0.2) is 21.2 Å². The van der Waals surface area contributed by atoms with E-state index in [2.05, 4.69) is 42.0 Å². The van der Waals surface area contributed by atoms with Crippen LogP contribution in [0.4, 0.5) is 0 Å². The van der Waals surface area contributed by atoms with E-state index in [9.17, 15) is 0 Å². The highest BCUT2D eigenvalue weighted by atomic mass is 79.9. The molecule has 0 fully saturated rings. The summed E-state index contributed by atoms with van der Waals surface area (Å²) < 4.78 is 11.9. The maximum atomic E-state index is 5.47. The van der Waals surface area contributed by atoms with Crippen molar-refractivity contribution in [2.45, 2.75) is 39.3 Å². The second-order valence-corrected chi connectivity index (χ2v) is 4.94. The van der Waals surface area contributed by atoms with Crippen molar-refractivity contribution >= 4 is 15.9 Å². The molecule has 1 aromatic rings. The predicted molar refractivity (Wildman–Crippen MR) is 68.5 cm³/mol. The number of hydrogen-bond donors (Lipinski definition) is 1. The molecule has 0 bridgehead atoms. The molecule has 1 atom stereocenters. The molecular formula is C12H20BrNO2. The van der Waals surface area contributed by atoms with Gasteiger partial charge in [-0.1, -0.05) is 0 Å². The molecular weight excluding hydrogens is 270 g/mol. The Bertz CT molecular complexity index is 299. The van der Waals surface area contributed by atoms with Crippen LogP contribution in [0.3, 0.4) is 0 Å². The summed E-state index contributed by atoms with van der Waals surface area (Å²) in [5, 5.41) is 3.40. The van der Waals surface area contributed by atoms with Crippen molar-refractivity contribution in [2.75, 3.05) is 13.2 Å². The lowest BCUT2D eigenvalue weighted by Crippen LogP contribution is -2.21. The average Bonchev–Trinajstić information content (AvgIpc) is 2.63. The first-order valence-corrected chi connectivity index (χ1v) is 6.48. The van der Waals surface area contributed by atoms with Crippen LogP contribution in [0.1, 0.15) is 39.0 Å². The summed E-state index contributed by atoms with van der Waals surface area (Å²) in [5.41, 5.74) is 0. The van der Waals surface area contributed by atoms with E-state index in [0.717, 1.165) is 29.8 Å². The molecule has 3 nitrogen and oxygen atoms in total. The zero-order chi connectivity index (χ0) is 12.0. The van der Waals surface area contributed by atoms with E-state index in [1.165, 1.54) is 0 Å². The molecule has 0 aliphatic heterocycles. The van der Waals surface area contributed by atoms with Gasteiger partial charge < -0.3 is 14.5 Å². The smallest absolute Gasteiger partial charge is 0.134 e. The predicted octanol–water partition coefficient (Wildman–Crippen LogP) is 3.51. The minimum atomic E-state index is 0.225. The van der Waals surface area contributed by atoms with Gasteiger partial charge in [-0.25, -0.2) is 0 Å². The highest BCUT2D eigenvalue weighted by Crippen LogP contribution is 2.23. The van der Waals surface area contributed by atoms with E-state index in [0.29, 0.717) is 6.10 Å². The molecule has 0 radical (unpaired) electrons. The van der Waals surface area contributed by atoms with Gasteiger partial charge in [0.2, 0.25) is 0 Å². The highest BCUT2D eigenvalue weighted by molar-refractivity contribution is 9.10. The van der Waals surface area contributed by atoms with E-state index in [1.54, 1.807) is 6.26 Å². The van der Waals surface area contributed by atoms with Crippen molar-refractivity contribution in [1.29, 1.82) is 0 Å². The Morgan fingerprint density at radius 1 is 1.44 bits per heavy atom. The van der Waals surface area contributed by atoms with E-state index < -0.39 is 0 Å². The molecule has 0 saturated heterocycles. The van der Waals surface area contributed by atoms with Crippen LogP contribution in [0.5, 0.6) is 0 Å². The summed E-state index contributed by atoms with van der Waals surface area (Å²) in [7, 11) is 0. The standard InChI is InChI=1S/C12H20BrNO2/c1-9(2)15-7-4-6-14-10(3)12-11(13)5-8-16-12/h5,8-10,14H,4,6-7H2,1-3H3. The summed E-state index contributed by atoms with van der Waals surface area (Å²) in [6.07, 6.45) is 3.02. The topological polar surface area (TPSA) is 34.4 Å². The molecule has 1 rings (SSSR count). The maximum absolute atomic E-state index is 5.47. The van der Waals surface area contributed by atoms with E-state index in [4.69, 9.17) is 9.15 Å². The third-order valence-electron chi connectivity index (χ3n) is 2.26. The lowest BCUT2D eigenvalue weighted by atomic mass is 10.2. The lowest BCUT2D eigenvalue weighted by molar-refractivity contribution is 0.0766. The number of hydrogen-bond acceptors (Lipinski definition) is 3. The second kappa shape index (κ2) is 7.09. The van der Waals surface area contributed by atoms with Gasteiger partial charge >= 0.3 is 0 Å². The molecule has 92 valence electrons. The summed E-state index contributed by atoms with van der Waals surface area (Å²) >= 11 is 3.45. The first kappa shape index (κ1) is 13.7. The molecule has 4 heteroatoms. The minimum absolute atomic E-state index is 0.225. The van der Waals surface area contributed by atoms with Crippen molar-refractivity contribution in [3.63, 3.8) is 0 Å². The fourth-order valence-corrected chi connectivity index (χ4v) is 1.96. The number of rotatable bonds is 7. The molecule has 0 saturated carbocycles. The zero-order valence-electron chi connectivity index (χ0n) is 10.1. The molecule has 1 N–H and O–H groups in total. The van der Waals surface area contributed by atoms with E-state index in [-0.39, 0.29) is 6.04 Å². The van der Waals surface area contributed by atoms with Crippen molar-refractivity contribution in [3.8, 4) is 0 Å². The molecule has 1 unspecified atom stereocenters. The normalized spacial score (nSPS) is 13.3. The Morgan fingerprint density at radius 2 is 2.19 bits per heavy atom. The second-order valence-electron chi connectivity index (χ2n) is 4.08. The van der Waals surface area contributed by atoms with Crippen LogP contribution in [0.25, 0.3) is 0 Å². The van der Waals surface area contributed by atoms with Crippen LogP contribution in [0, 0.1) is 0 Å². The summed E-state index contributed by atoms with van der Waals surface area (Å²) in [6.45, 7) is 7.93. The van der Waals surface area contributed by atoms with Crippen molar-refractivity contribution in [1.82, 2.24) is 5.32 Å². The first-order valence-electron chi connectivity index (χ1n) is 5.69. The Kier molecular flexibility index (Phi) is 6.09. The molecule has 1 heterocycles. The van der Waals surface area contributed by atoms with Gasteiger partial charge in [-0.3, -0.25) is 0 Å². The SMILES string of the molecule is CC(C)OCCCNC(C)c1occc1Br. The van der Waals surface area contributed by atoms with Crippen LogP contribution in [0.2, 0.25) is 0 Å². The molecule has 0 amide bonds. The molecule has 0 aliphatic carbocycles. The highest BCUT2D eigenvalue weighted by Gasteiger charge is 2.11. The molecule has 16 heavy (non-hydrogen) atoms. The quantitative estimate of drug-likeness (QED) is 0.780. The first-order chi connectivity index (χ1) is 7.61. The molecule has 0 spiro atoms. The molecule has 0 aromatic carbocycles. The maximum Gasteiger partial charge on any atom is 0.134 e. The monoisotopic (exact) mass is 289 g/mol. The lowest BCUT2D eigenvalue weighted by Gasteiger charge is -2.12. The molecule has 1 aromatic heterocycles. The number of halogens is 1. The third kappa shape index (κ3) is 4.68. The number of nitrogens with one attached hydrogen (secondary N) is 1. The third-order valence-corrected chi connectivity index (χ3v) is 2.92. The number of furan rings is 1. The van der Waals surface area contributed by atoms with Crippen molar-refractivity contribution in [3.05, 3.63) is 22.6 Å². The van der Waals surface area contributed by atoms with Gasteiger partial charge in [0.15, 0.2) is 0 Å². The summed E-state index contributed by atoms with van der Waals surface area (Å²) in [5.74, 6) is 0.949. The van der Waals surface area contributed by atoms with Gasteiger partial charge in [-0.2, -0.15) is 0 Å². The minimum Gasteiger partial charge on any atom is -0.466 e. The van der Waals surface area contributed by atoms with Crippen molar-refractivity contribution in [2.24, 2.45) is 0 Å². The van der Waals surface area contributed by atoms with E-state index >= 15 is 0 Å². The number of ether oxygens (including phenoxy) is 1. The van der Waals surface area contributed by atoms with Crippen LogP contribution < -0.4 is 5.32 Å².